The van der Waals surface area contributed by atoms with Gasteiger partial charge in [-0.3, -0.25) is 0 Å². The quantitative estimate of drug-likeness (QED) is 0.593. The second-order valence-corrected chi connectivity index (χ2v) is 6.34. The van der Waals surface area contributed by atoms with E-state index >= 15 is 0 Å². The summed E-state index contributed by atoms with van der Waals surface area (Å²) < 4.78 is 1.39. The zero-order valence-electron chi connectivity index (χ0n) is 10.7. The predicted molar refractivity (Wildman–Crippen MR) is 85.4 cm³/mol. The fraction of sp³-hybridized carbons (Fsp3) is 0.222. The molecule has 0 heterocycles. The van der Waals surface area contributed by atoms with E-state index < -0.39 is 0 Å². The molecule has 0 saturated heterocycles. The van der Waals surface area contributed by atoms with Crippen LogP contribution >= 0.6 is 15.9 Å². The van der Waals surface area contributed by atoms with Crippen LogP contribution in [0.1, 0.15) is 30.4 Å². The van der Waals surface area contributed by atoms with Crippen molar-refractivity contribution in [2.75, 3.05) is 0 Å². The van der Waals surface area contributed by atoms with Gasteiger partial charge in [-0.25, -0.2) is 0 Å². The lowest BCUT2D eigenvalue weighted by atomic mass is 9.80. The Morgan fingerprint density at radius 2 is 1.89 bits per heavy atom. The number of rotatable bonds is 0. The largest absolute Gasteiger partial charge is 0.0763 e. The van der Waals surface area contributed by atoms with Crippen LogP contribution in [0, 0.1) is 0 Å². The Labute approximate surface area is 122 Å². The van der Waals surface area contributed by atoms with Gasteiger partial charge in [-0.15, -0.1) is 0 Å². The summed E-state index contributed by atoms with van der Waals surface area (Å²) in [5.74, 6) is 0. The molecule has 2 aromatic carbocycles. The highest BCUT2D eigenvalue weighted by Crippen LogP contribution is 2.44. The molecule has 0 aromatic heterocycles. The molecule has 0 aliphatic heterocycles. The Hall–Kier alpha value is -1.34. The van der Waals surface area contributed by atoms with Crippen molar-refractivity contribution in [2.24, 2.45) is 0 Å². The first-order valence-corrected chi connectivity index (χ1v) is 7.73. The minimum Gasteiger partial charge on any atom is -0.0763 e. The van der Waals surface area contributed by atoms with Crippen molar-refractivity contribution >= 4 is 32.3 Å². The van der Waals surface area contributed by atoms with Crippen LogP contribution in [0.15, 0.2) is 52.5 Å². The van der Waals surface area contributed by atoms with Crippen molar-refractivity contribution in [3.8, 4) is 0 Å². The molecule has 19 heavy (non-hydrogen) atoms. The fourth-order valence-electron chi connectivity index (χ4n) is 3.38. The summed E-state index contributed by atoms with van der Waals surface area (Å²) in [6.07, 6.45) is 7.19. The lowest BCUT2D eigenvalue weighted by Crippen LogP contribution is -2.08. The third-order valence-corrected chi connectivity index (χ3v) is 5.05. The molecule has 2 aliphatic rings. The van der Waals surface area contributed by atoms with Crippen molar-refractivity contribution in [1.82, 2.24) is 0 Å². The van der Waals surface area contributed by atoms with E-state index in [0.717, 1.165) is 6.42 Å². The van der Waals surface area contributed by atoms with Gasteiger partial charge in [0, 0.05) is 10.9 Å². The lowest BCUT2D eigenvalue weighted by molar-refractivity contribution is 0.818. The Kier molecular flexibility index (Phi) is 2.63. The van der Waals surface area contributed by atoms with Gasteiger partial charge < -0.3 is 0 Å². The van der Waals surface area contributed by atoms with Crippen molar-refractivity contribution in [3.05, 3.63) is 63.7 Å². The summed E-state index contributed by atoms with van der Waals surface area (Å²) in [6, 6.07) is 13.3. The van der Waals surface area contributed by atoms with Crippen molar-refractivity contribution in [3.63, 3.8) is 0 Å². The first-order valence-electron chi connectivity index (χ1n) is 6.93. The van der Waals surface area contributed by atoms with Crippen molar-refractivity contribution in [2.45, 2.75) is 25.7 Å². The van der Waals surface area contributed by atoms with Crippen LogP contribution in [-0.4, -0.2) is 0 Å². The molecule has 0 nitrogen and oxygen atoms in total. The molecule has 2 aromatic rings. The molecule has 94 valence electrons. The molecule has 0 bridgehead atoms. The summed E-state index contributed by atoms with van der Waals surface area (Å²) in [5, 5.41) is 2.75. The zero-order valence-corrected chi connectivity index (χ0v) is 12.3. The number of allylic oxidation sites excluding steroid dienone is 4. The van der Waals surface area contributed by atoms with Gasteiger partial charge in [-0.05, 0) is 52.3 Å². The monoisotopic (exact) mass is 310 g/mol. The van der Waals surface area contributed by atoms with Crippen LogP contribution in [-0.2, 0) is 6.42 Å². The summed E-state index contributed by atoms with van der Waals surface area (Å²) in [6.45, 7) is 0. The summed E-state index contributed by atoms with van der Waals surface area (Å²) >= 11 is 3.82. The molecule has 0 amide bonds. The minimum absolute atomic E-state index is 1.04. The highest BCUT2D eigenvalue weighted by atomic mass is 79.9. The van der Waals surface area contributed by atoms with Gasteiger partial charge in [0.1, 0.15) is 0 Å². The second-order valence-electron chi connectivity index (χ2n) is 5.38. The standard InChI is InChI=1S/C18H15Br/c19-18-11-17-13-6-2-1-5-12(13)9-10-15(17)14-7-3-4-8-16(14)18/h1-2,5-7,9-10H,3-4,8,11H2. The first kappa shape index (κ1) is 11.5. The van der Waals surface area contributed by atoms with Crippen LogP contribution in [0.4, 0.5) is 0 Å². The van der Waals surface area contributed by atoms with Gasteiger partial charge in [0.2, 0.25) is 0 Å². The second kappa shape index (κ2) is 4.35. The molecule has 2 aliphatic carbocycles. The molecule has 0 radical (unpaired) electrons. The maximum Gasteiger partial charge on any atom is 0.00559 e. The Balaban J connectivity index is 2.04. The molecule has 0 N–H and O–H groups in total. The summed E-state index contributed by atoms with van der Waals surface area (Å²) in [7, 11) is 0. The predicted octanol–water partition coefficient (Wildman–Crippen LogP) is 5.61. The maximum atomic E-state index is 3.82. The molecule has 4 rings (SSSR count). The van der Waals surface area contributed by atoms with Gasteiger partial charge >= 0.3 is 0 Å². The highest BCUT2D eigenvalue weighted by molar-refractivity contribution is 9.11. The molecule has 0 unspecified atom stereocenters. The van der Waals surface area contributed by atoms with Gasteiger partial charge in [-0.1, -0.05) is 58.4 Å². The third kappa shape index (κ3) is 1.72. The number of hydrogen-bond donors (Lipinski definition) is 0. The van der Waals surface area contributed by atoms with E-state index in [1.54, 1.807) is 0 Å². The molecule has 1 heteroatoms. The zero-order chi connectivity index (χ0) is 12.8. The smallest absolute Gasteiger partial charge is 0.00559 e. The van der Waals surface area contributed by atoms with E-state index in [0.29, 0.717) is 0 Å². The van der Waals surface area contributed by atoms with Crippen molar-refractivity contribution in [1.29, 1.82) is 0 Å². The van der Waals surface area contributed by atoms with E-state index in [9.17, 15) is 0 Å². The molecule has 0 saturated carbocycles. The molecule has 0 fully saturated rings. The van der Waals surface area contributed by atoms with E-state index in [1.807, 2.05) is 0 Å². The van der Waals surface area contributed by atoms with Crippen LogP contribution in [0.5, 0.6) is 0 Å². The fourth-order valence-corrected chi connectivity index (χ4v) is 4.07. The topological polar surface area (TPSA) is 0 Å². The number of benzene rings is 2. The SMILES string of the molecule is BrC1=C2CCCC=C2c2ccc3ccccc3c2C1. The van der Waals surface area contributed by atoms with Gasteiger partial charge in [0.25, 0.3) is 0 Å². The molecular formula is C18H15Br. The Bertz CT molecular complexity index is 734. The average molecular weight is 311 g/mol. The third-order valence-electron chi connectivity index (χ3n) is 4.29. The van der Waals surface area contributed by atoms with Gasteiger partial charge in [0.05, 0.1) is 0 Å². The highest BCUT2D eigenvalue weighted by Gasteiger charge is 2.24. The van der Waals surface area contributed by atoms with Crippen molar-refractivity contribution < 1.29 is 0 Å². The Morgan fingerprint density at radius 1 is 1.00 bits per heavy atom. The van der Waals surface area contributed by atoms with Crippen LogP contribution in [0.2, 0.25) is 0 Å². The molecular weight excluding hydrogens is 296 g/mol. The average Bonchev–Trinajstić information content (AvgIpc) is 2.47. The van der Waals surface area contributed by atoms with Crippen LogP contribution in [0.25, 0.3) is 16.3 Å². The van der Waals surface area contributed by atoms with E-state index in [-0.39, 0.29) is 0 Å². The Morgan fingerprint density at radius 3 is 2.84 bits per heavy atom. The van der Waals surface area contributed by atoms with Crippen LogP contribution < -0.4 is 0 Å². The van der Waals surface area contributed by atoms with Crippen LogP contribution in [0.3, 0.4) is 0 Å². The van der Waals surface area contributed by atoms with Gasteiger partial charge in [0.15, 0.2) is 0 Å². The molecule has 0 atom stereocenters. The van der Waals surface area contributed by atoms with E-state index in [4.69, 9.17) is 0 Å². The number of fused-ring (bicyclic) bond motifs is 5. The number of halogens is 1. The molecule has 0 spiro atoms. The minimum atomic E-state index is 1.04. The van der Waals surface area contributed by atoms with Gasteiger partial charge in [-0.2, -0.15) is 0 Å². The van der Waals surface area contributed by atoms with E-state index in [1.165, 1.54) is 56.8 Å². The first-order chi connectivity index (χ1) is 9.34. The lowest BCUT2D eigenvalue weighted by Gasteiger charge is -2.27. The van der Waals surface area contributed by atoms with E-state index in [2.05, 4.69) is 58.4 Å². The number of hydrogen-bond acceptors (Lipinski definition) is 0. The normalized spacial score (nSPS) is 18.1. The summed E-state index contributed by atoms with van der Waals surface area (Å²) in [4.78, 5) is 0. The maximum absolute atomic E-state index is 3.82. The summed E-state index contributed by atoms with van der Waals surface area (Å²) in [5.41, 5.74) is 5.96.